The van der Waals surface area contributed by atoms with Crippen molar-refractivity contribution in [3.8, 4) is 5.75 Å². The van der Waals surface area contributed by atoms with Crippen LogP contribution < -0.4 is 4.74 Å². The lowest BCUT2D eigenvalue weighted by Crippen LogP contribution is -2.67. The van der Waals surface area contributed by atoms with Gasteiger partial charge in [-0.15, -0.1) is 0 Å². The number of alkyl halides is 3. The Bertz CT molecular complexity index is 637. The lowest BCUT2D eigenvalue weighted by Gasteiger charge is -2.56. The number of benzene rings is 1. The number of hydrogen-bond acceptors (Lipinski definition) is 5. The van der Waals surface area contributed by atoms with E-state index in [0.717, 1.165) is 14.2 Å². The zero-order valence-electron chi connectivity index (χ0n) is 14.2. The van der Waals surface area contributed by atoms with E-state index in [1.165, 1.54) is 26.2 Å². The minimum absolute atomic E-state index is 0.407. The van der Waals surface area contributed by atoms with E-state index in [1.54, 1.807) is 12.1 Å². The second-order valence-corrected chi connectivity index (χ2v) is 5.98. The predicted molar refractivity (Wildman–Crippen MR) is 80.9 cm³/mol. The van der Waals surface area contributed by atoms with Gasteiger partial charge in [0.15, 0.2) is 5.41 Å². The maximum absolute atomic E-state index is 13.6. The minimum atomic E-state index is -4.76. The maximum Gasteiger partial charge on any atom is 0.393 e. The highest BCUT2D eigenvalue weighted by atomic mass is 19.4. The second-order valence-electron chi connectivity index (χ2n) is 5.98. The number of rotatable bonds is 4. The first-order valence-corrected chi connectivity index (χ1v) is 7.53. The average Bonchev–Trinajstić information content (AvgIpc) is 2.57. The number of esters is 2. The molecule has 1 saturated carbocycles. The Morgan fingerprint density at radius 1 is 1.00 bits per heavy atom. The van der Waals surface area contributed by atoms with Crippen molar-refractivity contribution in [2.45, 2.75) is 19.0 Å². The number of methoxy groups -OCH3 is 3. The van der Waals surface area contributed by atoms with Crippen LogP contribution in [0.4, 0.5) is 13.2 Å². The first-order chi connectivity index (χ1) is 11.7. The van der Waals surface area contributed by atoms with Gasteiger partial charge in [0.25, 0.3) is 0 Å². The summed E-state index contributed by atoms with van der Waals surface area (Å²) in [6.45, 7) is 1.36. The van der Waals surface area contributed by atoms with E-state index in [0.29, 0.717) is 11.3 Å². The quantitative estimate of drug-likeness (QED) is 0.610. The Balaban J connectivity index is 2.63. The molecule has 0 unspecified atom stereocenters. The van der Waals surface area contributed by atoms with Gasteiger partial charge in [-0.3, -0.25) is 9.59 Å². The highest BCUT2D eigenvalue weighted by Gasteiger charge is 2.78. The molecular weight excluding hydrogens is 341 g/mol. The molecule has 138 valence electrons. The van der Waals surface area contributed by atoms with Crippen molar-refractivity contribution in [3.05, 3.63) is 29.8 Å². The molecule has 0 bridgehead atoms. The van der Waals surface area contributed by atoms with Crippen molar-refractivity contribution in [1.29, 1.82) is 0 Å². The molecule has 0 N–H and O–H groups in total. The third-order valence-electron chi connectivity index (χ3n) is 4.91. The van der Waals surface area contributed by atoms with Gasteiger partial charge in [0.1, 0.15) is 5.75 Å². The van der Waals surface area contributed by atoms with E-state index in [1.807, 2.05) is 0 Å². The van der Waals surface area contributed by atoms with Crippen LogP contribution in [-0.2, 0) is 19.1 Å². The summed E-state index contributed by atoms with van der Waals surface area (Å²) in [4.78, 5) is 24.8. The molecule has 0 heterocycles. The number of hydrogen-bond donors (Lipinski definition) is 0. The summed E-state index contributed by atoms with van der Waals surface area (Å²) in [5.41, 5.74) is -2.06. The molecule has 1 aromatic carbocycles. The van der Waals surface area contributed by atoms with E-state index in [4.69, 9.17) is 4.74 Å². The second kappa shape index (κ2) is 6.57. The van der Waals surface area contributed by atoms with Crippen LogP contribution in [0.25, 0.3) is 0 Å². The zero-order chi connectivity index (χ0) is 19.0. The van der Waals surface area contributed by atoms with Gasteiger partial charge in [-0.1, -0.05) is 19.1 Å². The van der Waals surface area contributed by atoms with Gasteiger partial charge in [-0.25, -0.2) is 0 Å². The van der Waals surface area contributed by atoms with E-state index < -0.39 is 41.3 Å². The molecular formula is C17H19F3O5. The smallest absolute Gasteiger partial charge is 0.393 e. The molecule has 0 saturated heterocycles. The van der Waals surface area contributed by atoms with Crippen molar-refractivity contribution in [2.24, 2.45) is 17.3 Å². The Hall–Kier alpha value is -2.25. The molecule has 0 radical (unpaired) electrons. The summed E-state index contributed by atoms with van der Waals surface area (Å²) in [7, 11) is 3.36. The van der Waals surface area contributed by atoms with Crippen molar-refractivity contribution in [2.75, 3.05) is 21.3 Å². The van der Waals surface area contributed by atoms with Gasteiger partial charge in [-0.2, -0.15) is 13.2 Å². The molecule has 8 heteroatoms. The fourth-order valence-electron chi connectivity index (χ4n) is 3.96. The summed E-state index contributed by atoms with van der Waals surface area (Å²) in [6, 6.07) is 6.19. The maximum atomic E-state index is 13.6. The van der Waals surface area contributed by atoms with Crippen molar-refractivity contribution >= 4 is 11.9 Å². The molecule has 1 aliphatic carbocycles. The molecule has 0 aliphatic heterocycles. The molecule has 0 aromatic heterocycles. The Morgan fingerprint density at radius 2 is 1.48 bits per heavy atom. The van der Waals surface area contributed by atoms with E-state index in [-0.39, 0.29) is 0 Å². The first kappa shape index (κ1) is 19.1. The molecule has 1 fully saturated rings. The lowest BCUT2D eigenvalue weighted by atomic mass is 9.45. The van der Waals surface area contributed by atoms with Gasteiger partial charge in [0.2, 0.25) is 0 Å². The molecule has 1 aliphatic rings. The van der Waals surface area contributed by atoms with Gasteiger partial charge < -0.3 is 14.2 Å². The monoisotopic (exact) mass is 360 g/mol. The van der Waals surface area contributed by atoms with Crippen LogP contribution in [0.15, 0.2) is 24.3 Å². The number of halogens is 3. The Morgan fingerprint density at radius 3 is 1.84 bits per heavy atom. The first-order valence-electron chi connectivity index (χ1n) is 7.53. The van der Waals surface area contributed by atoms with E-state index >= 15 is 0 Å². The molecule has 0 amide bonds. The van der Waals surface area contributed by atoms with Crippen LogP contribution in [0, 0.1) is 17.3 Å². The zero-order valence-corrected chi connectivity index (χ0v) is 14.2. The van der Waals surface area contributed by atoms with Crippen LogP contribution in [0.2, 0.25) is 0 Å². The highest BCUT2D eigenvalue weighted by Crippen LogP contribution is 2.66. The van der Waals surface area contributed by atoms with Crippen LogP contribution >= 0.6 is 0 Å². The molecule has 2 rings (SSSR count). The fourth-order valence-corrected chi connectivity index (χ4v) is 3.96. The van der Waals surface area contributed by atoms with Gasteiger partial charge in [0, 0.05) is 5.92 Å². The summed E-state index contributed by atoms with van der Waals surface area (Å²) in [5, 5.41) is 0. The lowest BCUT2D eigenvalue weighted by molar-refractivity contribution is -0.274. The molecule has 1 aromatic rings. The highest BCUT2D eigenvalue weighted by molar-refractivity contribution is 6.03. The number of ether oxygens (including phenoxy) is 3. The van der Waals surface area contributed by atoms with Crippen LogP contribution in [-0.4, -0.2) is 39.4 Å². The normalized spacial score (nSPS) is 24.8. The van der Waals surface area contributed by atoms with E-state index in [9.17, 15) is 22.8 Å². The standard InChI is InChI=1S/C17H19F3O5/c1-9-12(10-5-7-11(23-2)8-6-10)16(14(21)24-3,15(22)25-4)13(9)17(18,19)20/h5-9,12-13H,1-4H3/t9-,12+,13-/m1/s1. The largest absolute Gasteiger partial charge is 0.497 e. The molecule has 3 atom stereocenters. The summed E-state index contributed by atoms with van der Waals surface area (Å²) < 4.78 is 55.0. The van der Waals surface area contributed by atoms with Crippen LogP contribution in [0.5, 0.6) is 5.75 Å². The average molecular weight is 360 g/mol. The number of carbonyl (C=O) groups excluding carboxylic acids is 2. The van der Waals surface area contributed by atoms with Gasteiger partial charge in [-0.05, 0) is 23.6 Å². The Kier molecular flexibility index (Phi) is 5.02. The third kappa shape index (κ3) is 2.73. The van der Waals surface area contributed by atoms with Crippen molar-refractivity contribution < 1.29 is 37.0 Å². The van der Waals surface area contributed by atoms with Crippen molar-refractivity contribution in [1.82, 2.24) is 0 Å². The Labute approximate surface area is 143 Å². The molecule has 0 spiro atoms. The summed E-state index contributed by atoms with van der Waals surface area (Å²) in [6.07, 6.45) is -4.76. The summed E-state index contributed by atoms with van der Waals surface area (Å²) in [5.74, 6) is -6.21. The van der Waals surface area contributed by atoms with E-state index in [2.05, 4.69) is 9.47 Å². The van der Waals surface area contributed by atoms with Crippen LogP contribution in [0.3, 0.4) is 0 Å². The molecule has 5 nitrogen and oxygen atoms in total. The van der Waals surface area contributed by atoms with Gasteiger partial charge >= 0.3 is 18.1 Å². The van der Waals surface area contributed by atoms with Gasteiger partial charge in [0.05, 0.1) is 27.2 Å². The van der Waals surface area contributed by atoms with Crippen LogP contribution in [0.1, 0.15) is 18.4 Å². The molecule has 25 heavy (non-hydrogen) atoms. The third-order valence-corrected chi connectivity index (χ3v) is 4.91. The fraction of sp³-hybridized carbons (Fsp3) is 0.529. The summed E-state index contributed by atoms with van der Waals surface area (Å²) >= 11 is 0. The minimum Gasteiger partial charge on any atom is -0.497 e. The van der Waals surface area contributed by atoms with Crippen molar-refractivity contribution in [3.63, 3.8) is 0 Å². The number of carbonyl (C=O) groups is 2. The SMILES string of the molecule is COC(=O)C1(C(=O)OC)[C@H](c2ccc(OC)cc2)[C@@H](C)[C@H]1C(F)(F)F. The predicted octanol–water partition coefficient (Wildman–Crippen LogP) is 2.94. The topological polar surface area (TPSA) is 61.8 Å².